The molecule has 1 aliphatic carbocycles. The normalized spacial score (nSPS) is 44.6. The lowest BCUT2D eigenvalue weighted by atomic mass is 10.3. The molecule has 2 nitrogen and oxygen atoms in total. The van der Waals surface area contributed by atoms with Crippen LogP contribution in [0.25, 0.3) is 0 Å². The van der Waals surface area contributed by atoms with E-state index in [0.717, 1.165) is 12.0 Å². The van der Waals surface area contributed by atoms with Crippen LogP contribution in [0.5, 0.6) is 0 Å². The van der Waals surface area contributed by atoms with E-state index >= 15 is 0 Å². The van der Waals surface area contributed by atoms with Crippen molar-refractivity contribution < 1.29 is 0 Å². The largest absolute Gasteiger partial charge is 0.258 e. The molecule has 1 saturated carbocycles. The molecule has 0 radical (unpaired) electrons. The molecule has 2 unspecified atom stereocenters. The second-order valence-corrected chi connectivity index (χ2v) is 2.77. The number of nitrogens with one attached hydrogen (secondary N) is 1. The Hall–Kier alpha value is -0.0800. The zero-order chi connectivity index (χ0) is 5.56. The van der Waals surface area contributed by atoms with Crippen LogP contribution < -0.4 is 5.43 Å². The Morgan fingerprint density at radius 1 is 1.62 bits per heavy atom. The summed E-state index contributed by atoms with van der Waals surface area (Å²) in [6, 6.07) is 0.917. The van der Waals surface area contributed by atoms with E-state index in [1.807, 2.05) is 7.05 Å². The zero-order valence-corrected chi connectivity index (χ0v) is 5.22. The van der Waals surface area contributed by atoms with Crippen molar-refractivity contribution in [2.75, 3.05) is 13.6 Å². The van der Waals surface area contributed by atoms with E-state index in [9.17, 15) is 0 Å². The first-order valence-corrected chi connectivity index (χ1v) is 3.36. The molecular weight excluding hydrogens is 100 g/mol. The van der Waals surface area contributed by atoms with Crippen LogP contribution in [0.4, 0.5) is 0 Å². The summed E-state index contributed by atoms with van der Waals surface area (Å²) in [6.45, 7) is 1.27. The van der Waals surface area contributed by atoms with Gasteiger partial charge in [0.1, 0.15) is 0 Å². The van der Waals surface area contributed by atoms with E-state index in [1.54, 1.807) is 0 Å². The minimum atomic E-state index is 0.917. The van der Waals surface area contributed by atoms with Gasteiger partial charge in [-0.25, -0.2) is 5.01 Å². The summed E-state index contributed by atoms with van der Waals surface area (Å²) in [6.07, 6.45) is 2.87. The van der Waals surface area contributed by atoms with Gasteiger partial charge in [0.05, 0.1) is 0 Å². The van der Waals surface area contributed by atoms with Crippen LogP contribution in [-0.4, -0.2) is 24.6 Å². The maximum Gasteiger partial charge on any atom is 0.0275 e. The molecule has 2 heteroatoms. The lowest BCUT2D eigenvalue weighted by Crippen LogP contribution is -2.34. The van der Waals surface area contributed by atoms with Gasteiger partial charge >= 0.3 is 0 Å². The Bertz CT molecular complexity index is 103. The average molecular weight is 112 g/mol. The number of nitrogens with zero attached hydrogens (tertiary/aromatic N) is 1. The molecule has 1 saturated heterocycles. The number of rotatable bonds is 1. The average Bonchev–Trinajstić information content (AvgIpc) is 2.46. The molecule has 1 N–H and O–H groups in total. The summed E-state index contributed by atoms with van der Waals surface area (Å²) < 4.78 is 0. The van der Waals surface area contributed by atoms with Crippen molar-refractivity contribution in [3.63, 3.8) is 0 Å². The molecule has 0 aromatic carbocycles. The van der Waals surface area contributed by atoms with Crippen LogP contribution >= 0.6 is 0 Å². The molecule has 0 amide bonds. The van der Waals surface area contributed by atoms with E-state index in [1.165, 1.54) is 19.4 Å². The van der Waals surface area contributed by atoms with Crippen molar-refractivity contribution in [1.29, 1.82) is 0 Å². The van der Waals surface area contributed by atoms with Gasteiger partial charge in [-0.15, -0.1) is 0 Å². The van der Waals surface area contributed by atoms with E-state index < -0.39 is 0 Å². The molecule has 2 rings (SSSR count). The standard InChI is InChI=1S/C6H12N2/c1-7-8-3-2-5-4-6(5)8/h5-7H,2-4H2,1H3. The van der Waals surface area contributed by atoms with Crippen LogP contribution in [0.15, 0.2) is 0 Å². The van der Waals surface area contributed by atoms with Gasteiger partial charge in [-0.2, -0.15) is 0 Å². The van der Waals surface area contributed by atoms with Crippen LogP contribution in [0.3, 0.4) is 0 Å². The van der Waals surface area contributed by atoms with Crippen LogP contribution in [-0.2, 0) is 0 Å². The molecule has 46 valence electrons. The highest BCUT2D eigenvalue weighted by Crippen LogP contribution is 2.42. The molecule has 1 heterocycles. The third kappa shape index (κ3) is 0.501. The number of fused-ring (bicyclic) bond motifs is 1. The summed E-state index contributed by atoms with van der Waals surface area (Å²) in [5.41, 5.74) is 3.19. The van der Waals surface area contributed by atoms with E-state index in [2.05, 4.69) is 10.4 Å². The maximum atomic E-state index is 3.19. The zero-order valence-electron chi connectivity index (χ0n) is 5.22. The highest BCUT2D eigenvalue weighted by atomic mass is 15.5. The van der Waals surface area contributed by atoms with Crippen molar-refractivity contribution in [2.24, 2.45) is 5.92 Å². The molecule has 2 aliphatic rings. The highest BCUT2D eigenvalue weighted by molar-refractivity contribution is 4.99. The fourth-order valence-corrected chi connectivity index (χ4v) is 1.67. The quantitative estimate of drug-likeness (QED) is 0.522. The van der Waals surface area contributed by atoms with Gasteiger partial charge < -0.3 is 0 Å². The summed E-state index contributed by atoms with van der Waals surface area (Å²) >= 11 is 0. The number of hydrogen-bond donors (Lipinski definition) is 1. The second-order valence-electron chi connectivity index (χ2n) is 2.77. The fourth-order valence-electron chi connectivity index (χ4n) is 1.67. The minimum absolute atomic E-state index is 0.917. The SMILES string of the molecule is CNN1CCC2CC21. The Kier molecular flexibility index (Phi) is 0.866. The summed E-state index contributed by atoms with van der Waals surface area (Å²) in [7, 11) is 2.01. The van der Waals surface area contributed by atoms with Gasteiger partial charge in [-0.1, -0.05) is 0 Å². The first kappa shape index (κ1) is 4.77. The third-order valence-corrected chi connectivity index (χ3v) is 2.31. The molecule has 0 aromatic heterocycles. The van der Waals surface area contributed by atoms with E-state index in [4.69, 9.17) is 0 Å². The smallest absolute Gasteiger partial charge is 0.0275 e. The lowest BCUT2D eigenvalue weighted by molar-refractivity contribution is 0.228. The van der Waals surface area contributed by atoms with Crippen molar-refractivity contribution in [1.82, 2.24) is 10.4 Å². The van der Waals surface area contributed by atoms with E-state index in [-0.39, 0.29) is 0 Å². The van der Waals surface area contributed by atoms with E-state index in [0.29, 0.717) is 0 Å². The predicted molar refractivity (Wildman–Crippen MR) is 32.3 cm³/mol. The Labute approximate surface area is 49.8 Å². The Morgan fingerprint density at radius 2 is 2.50 bits per heavy atom. The summed E-state index contributed by atoms with van der Waals surface area (Å²) in [5, 5.41) is 2.35. The van der Waals surface area contributed by atoms with Gasteiger partial charge in [0.15, 0.2) is 0 Å². The van der Waals surface area contributed by atoms with Gasteiger partial charge in [0.25, 0.3) is 0 Å². The molecule has 2 fully saturated rings. The summed E-state index contributed by atoms with van der Waals surface area (Å²) in [4.78, 5) is 0. The monoisotopic (exact) mass is 112 g/mol. The van der Waals surface area contributed by atoms with Gasteiger partial charge in [0.2, 0.25) is 0 Å². The second kappa shape index (κ2) is 1.45. The van der Waals surface area contributed by atoms with Gasteiger partial charge in [-0.05, 0) is 25.8 Å². The van der Waals surface area contributed by atoms with Crippen molar-refractivity contribution in [3.8, 4) is 0 Å². The maximum absolute atomic E-state index is 3.19. The molecule has 0 spiro atoms. The lowest BCUT2D eigenvalue weighted by Gasteiger charge is -2.14. The first-order chi connectivity index (χ1) is 3.92. The topological polar surface area (TPSA) is 15.3 Å². The van der Waals surface area contributed by atoms with Crippen molar-refractivity contribution >= 4 is 0 Å². The first-order valence-electron chi connectivity index (χ1n) is 3.36. The number of hydrogen-bond acceptors (Lipinski definition) is 2. The minimum Gasteiger partial charge on any atom is -0.258 e. The number of piperidine rings is 1. The molecular formula is C6H12N2. The fraction of sp³-hybridized carbons (Fsp3) is 1.00. The predicted octanol–water partition coefficient (Wildman–Crippen LogP) is 0.215. The van der Waals surface area contributed by atoms with Crippen molar-refractivity contribution in [2.45, 2.75) is 18.9 Å². The van der Waals surface area contributed by atoms with Crippen LogP contribution in [0.1, 0.15) is 12.8 Å². The molecule has 8 heavy (non-hydrogen) atoms. The Morgan fingerprint density at radius 3 is 2.75 bits per heavy atom. The highest BCUT2D eigenvalue weighted by Gasteiger charge is 2.46. The molecule has 1 aliphatic heterocycles. The van der Waals surface area contributed by atoms with Gasteiger partial charge in [-0.3, -0.25) is 5.43 Å². The van der Waals surface area contributed by atoms with Crippen LogP contribution in [0, 0.1) is 5.92 Å². The van der Waals surface area contributed by atoms with Gasteiger partial charge in [0, 0.05) is 12.6 Å². The van der Waals surface area contributed by atoms with Crippen molar-refractivity contribution in [3.05, 3.63) is 0 Å². The third-order valence-electron chi connectivity index (χ3n) is 2.31. The molecule has 2 atom stereocenters. The molecule has 0 aromatic rings. The van der Waals surface area contributed by atoms with Crippen LogP contribution in [0.2, 0.25) is 0 Å². The summed E-state index contributed by atoms with van der Waals surface area (Å²) in [5.74, 6) is 1.06. The number of hydrazine groups is 1. The Balaban J connectivity index is 1.97. The molecule has 0 bridgehead atoms.